The number of carbonyl (C=O) groups excluding carboxylic acids is 1. The molecule has 1 amide bonds. The van der Waals surface area contributed by atoms with Gasteiger partial charge >= 0.3 is 0 Å². The molecule has 0 saturated carbocycles. The third kappa shape index (κ3) is 3.79. The number of nitrogens with zero attached hydrogens (tertiary/aromatic N) is 2. The van der Waals surface area contributed by atoms with E-state index < -0.39 is 0 Å². The highest BCUT2D eigenvalue weighted by molar-refractivity contribution is 6.30. The summed E-state index contributed by atoms with van der Waals surface area (Å²) in [5.41, 5.74) is 8.37. The number of nitrogens with two attached hydrogens (primary N) is 1. The minimum atomic E-state index is -0.278. The fourth-order valence-corrected chi connectivity index (χ4v) is 3.00. The van der Waals surface area contributed by atoms with Crippen LogP contribution in [-0.4, -0.2) is 22.4 Å². The summed E-state index contributed by atoms with van der Waals surface area (Å²) in [6.45, 7) is 0.668. The average Bonchev–Trinajstić information content (AvgIpc) is 2.99. The van der Waals surface area contributed by atoms with Crippen molar-refractivity contribution in [1.82, 2.24) is 9.97 Å². The highest BCUT2D eigenvalue weighted by Gasteiger charge is 2.19. The molecule has 0 radical (unpaired) electrons. The molecule has 0 atom stereocenters. The SMILES string of the molecule is NC(=O)CCCNc1nc(-c2cccc(Cl)c2)nc2c1CCC2. The molecule has 120 valence electrons. The summed E-state index contributed by atoms with van der Waals surface area (Å²) in [5, 5.41) is 4.00. The molecule has 5 nitrogen and oxygen atoms in total. The third-order valence-electron chi connectivity index (χ3n) is 3.91. The van der Waals surface area contributed by atoms with Crippen LogP contribution < -0.4 is 11.1 Å². The Morgan fingerprint density at radius 1 is 1.30 bits per heavy atom. The maximum Gasteiger partial charge on any atom is 0.217 e. The Labute approximate surface area is 140 Å². The number of halogens is 1. The van der Waals surface area contributed by atoms with Gasteiger partial charge in [-0.15, -0.1) is 0 Å². The Bertz CT molecular complexity index is 733. The molecule has 0 bridgehead atoms. The number of primary amides is 1. The van der Waals surface area contributed by atoms with Crippen molar-refractivity contribution in [2.75, 3.05) is 11.9 Å². The van der Waals surface area contributed by atoms with Gasteiger partial charge in [-0.05, 0) is 37.8 Å². The van der Waals surface area contributed by atoms with E-state index in [1.54, 1.807) is 0 Å². The monoisotopic (exact) mass is 330 g/mol. The molecule has 1 aliphatic rings. The van der Waals surface area contributed by atoms with Gasteiger partial charge in [0.2, 0.25) is 5.91 Å². The predicted molar refractivity (Wildman–Crippen MR) is 91.4 cm³/mol. The first-order valence-corrected chi connectivity index (χ1v) is 8.19. The molecule has 23 heavy (non-hydrogen) atoms. The molecule has 3 rings (SSSR count). The number of rotatable bonds is 6. The van der Waals surface area contributed by atoms with Crippen molar-refractivity contribution in [2.24, 2.45) is 5.73 Å². The number of carbonyl (C=O) groups is 1. The van der Waals surface area contributed by atoms with E-state index >= 15 is 0 Å². The summed E-state index contributed by atoms with van der Waals surface area (Å²) >= 11 is 6.07. The number of hydrogen-bond donors (Lipinski definition) is 2. The van der Waals surface area contributed by atoms with Gasteiger partial charge in [0, 0.05) is 34.8 Å². The Kier molecular flexibility index (Phi) is 4.76. The number of nitrogens with one attached hydrogen (secondary N) is 1. The first-order chi connectivity index (χ1) is 11.1. The van der Waals surface area contributed by atoms with Crippen LogP contribution in [-0.2, 0) is 17.6 Å². The van der Waals surface area contributed by atoms with Crippen molar-refractivity contribution in [3.8, 4) is 11.4 Å². The Hall–Kier alpha value is -2.14. The maximum atomic E-state index is 10.8. The molecule has 0 spiro atoms. The van der Waals surface area contributed by atoms with Gasteiger partial charge in [-0.25, -0.2) is 9.97 Å². The molecule has 1 heterocycles. The van der Waals surface area contributed by atoms with Gasteiger partial charge in [-0.3, -0.25) is 4.79 Å². The lowest BCUT2D eigenvalue weighted by Crippen LogP contribution is -2.14. The number of benzene rings is 1. The van der Waals surface area contributed by atoms with Crippen LogP contribution >= 0.6 is 11.6 Å². The summed E-state index contributed by atoms with van der Waals surface area (Å²) in [4.78, 5) is 20.2. The van der Waals surface area contributed by atoms with Gasteiger partial charge in [0.05, 0.1) is 0 Å². The second-order valence-corrected chi connectivity index (χ2v) is 6.12. The number of anilines is 1. The highest BCUT2D eigenvalue weighted by atomic mass is 35.5. The zero-order valence-electron chi connectivity index (χ0n) is 12.8. The Balaban J connectivity index is 1.85. The molecule has 1 aromatic carbocycles. The molecule has 1 aromatic heterocycles. The van der Waals surface area contributed by atoms with Crippen LogP contribution in [0.3, 0.4) is 0 Å². The van der Waals surface area contributed by atoms with Crippen molar-refractivity contribution in [2.45, 2.75) is 32.1 Å². The van der Waals surface area contributed by atoms with Crippen LogP contribution in [0.1, 0.15) is 30.5 Å². The normalized spacial score (nSPS) is 12.9. The van der Waals surface area contributed by atoms with E-state index in [2.05, 4.69) is 10.3 Å². The van der Waals surface area contributed by atoms with E-state index in [0.29, 0.717) is 30.2 Å². The second kappa shape index (κ2) is 6.96. The molecule has 0 aliphatic heterocycles. The van der Waals surface area contributed by atoms with E-state index in [4.69, 9.17) is 22.3 Å². The van der Waals surface area contributed by atoms with Crippen LogP contribution in [0.25, 0.3) is 11.4 Å². The summed E-state index contributed by atoms with van der Waals surface area (Å²) in [7, 11) is 0. The lowest BCUT2D eigenvalue weighted by Gasteiger charge is -2.12. The van der Waals surface area contributed by atoms with E-state index in [-0.39, 0.29) is 5.91 Å². The van der Waals surface area contributed by atoms with E-state index in [9.17, 15) is 4.79 Å². The Morgan fingerprint density at radius 2 is 2.17 bits per heavy atom. The van der Waals surface area contributed by atoms with E-state index in [1.807, 2.05) is 24.3 Å². The molecule has 3 N–H and O–H groups in total. The maximum absolute atomic E-state index is 10.8. The minimum Gasteiger partial charge on any atom is -0.370 e. The van der Waals surface area contributed by atoms with Crippen LogP contribution in [0.4, 0.5) is 5.82 Å². The van der Waals surface area contributed by atoms with Crippen LogP contribution in [0, 0.1) is 0 Å². The molecule has 0 saturated heterocycles. The fourth-order valence-electron chi connectivity index (χ4n) is 2.80. The quantitative estimate of drug-likeness (QED) is 0.798. The van der Waals surface area contributed by atoms with E-state index in [0.717, 1.165) is 36.3 Å². The zero-order chi connectivity index (χ0) is 16.2. The number of hydrogen-bond acceptors (Lipinski definition) is 4. The first-order valence-electron chi connectivity index (χ1n) is 7.81. The average molecular weight is 331 g/mol. The van der Waals surface area contributed by atoms with Gasteiger partial charge in [-0.1, -0.05) is 23.7 Å². The van der Waals surface area contributed by atoms with Crippen molar-refractivity contribution < 1.29 is 4.79 Å². The largest absolute Gasteiger partial charge is 0.370 e. The fraction of sp³-hybridized carbons (Fsp3) is 0.353. The zero-order valence-corrected chi connectivity index (χ0v) is 13.6. The highest BCUT2D eigenvalue weighted by Crippen LogP contribution is 2.29. The third-order valence-corrected chi connectivity index (χ3v) is 4.14. The summed E-state index contributed by atoms with van der Waals surface area (Å²) in [6.07, 6.45) is 4.13. The van der Waals surface area contributed by atoms with Gasteiger partial charge in [0.1, 0.15) is 5.82 Å². The lowest BCUT2D eigenvalue weighted by atomic mass is 10.2. The van der Waals surface area contributed by atoms with Crippen LogP contribution in [0.2, 0.25) is 5.02 Å². The smallest absolute Gasteiger partial charge is 0.217 e. The number of aryl methyl sites for hydroxylation is 1. The molecule has 0 fully saturated rings. The molecule has 0 unspecified atom stereocenters. The first kappa shape index (κ1) is 15.7. The van der Waals surface area contributed by atoms with Crippen molar-refractivity contribution in [3.63, 3.8) is 0 Å². The molecular formula is C17H19ClN4O. The lowest BCUT2D eigenvalue weighted by molar-refractivity contribution is -0.118. The number of aromatic nitrogens is 2. The second-order valence-electron chi connectivity index (χ2n) is 5.68. The molecule has 1 aliphatic carbocycles. The van der Waals surface area contributed by atoms with Gasteiger partial charge in [0.15, 0.2) is 5.82 Å². The van der Waals surface area contributed by atoms with Gasteiger partial charge in [0.25, 0.3) is 0 Å². The summed E-state index contributed by atoms with van der Waals surface area (Å²) in [6, 6.07) is 7.56. The summed E-state index contributed by atoms with van der Waals surface area (Å²) in [5.74, 6) is 1.27. The molecular weight excluding hydrogens is 312 g/mol. The topological polar surface area (TPSA) is 80.9 Å². The molecule has 2 aromatic rings. The molecule has 6 heteroatoms. The summed E-state index contributed by atoms with van der Waals surface area (Å²) < 4.78 is 0. The number of fused-ring (bicyclic) bond motifs is 1. The van der Waals surface area contributed by atoms with Gasteiger partial charge < -0.3 is 11.1 Å². The van der Waals surface area contributed by atoms with Crippen LogP contribution in [0.5, 0.6) is 0 Å². The van der Waals surface area contributed by atoms with Gasteiger partial charge in [-0.2, -0.15) is 0 Å². The predicted octanol–water partition coefficient (Wildman–Crippen LogP) is 2.96. The van der Waals surface area contributed by atoms with Crippen molar-refractivity contribution in [1.29, 1.82) is 0 Å². The van der Waals surface area contributed by atoms with Crippen LogP contribution in [0.15, 0.2) is 24.3 Å². The number of amides is 1. The standard InChI is InChI=1S/C17H19ClN4O/c18-12-5-1-4-11(10-12)16-21-14-7-2-6-13(14)17(22-16)20-9-3-8-15(19)23/h1,4-5,10H,2-3,6-9H2,(H2,19,23)(H,20,21,22). The van der Waals surface area contributed by atoms with Crippen molar-refractivity contribution in [3.05, 3.63) is 40.5 Å². The minimum absolute atomic E-state index is 0.278. The van der Waals surface area contributed by atoms with E-state index in [1.165, 1.54) is 5.56 Å². The Morgan fingerprint density at radius 3 is 2.96 bits per heavy atom. The van der Waals surface area contributed by atoms with Crippen molar-refractivity contribution >= 4 is 23.3 Å².